The molecular weight excluding hydrogens is 262 g/mol. The summed E-state index contributed by atoms with van der Waals surface area (Å²) in [4.78, 5) is 4.61. The molecular formula is C17H23N3O. The molecule has 0 amide bonds. The summed E-state index contributed by atoms with van der Waals surface area (Å²) in [5.74, 6) is 2.91. The maximum atomic E-state index is 5.77. The molecule has 0 radical (unpaired) electrons. The van der Waals surface area contributed by atoms with Gasteiger partial charge in [0.05, 0.1) is 6.42 Å². The van der Waals surface area contributed by atoms with Crippen LogP contribution in [0.3, 0.4) is 0 Å². The first-order valence-electron chi connectivity index (χ1n) is 7.89. The SMILES string of the molecule is CCC1CCC(c2noc(Cc3ccccc3CN)n2)C1. The zero-order valence-electron chi connectivity index (χ0n) is 12.6. The molecule has 1 fully saturated rings. The Morgan fingerprint density at radius 1 is 1.24 bits per heavy atom. The minimum atomic E-state index is 0.484. The fourth-order valence-electron chi connectivity index (χ4n) is 3.28. The van der Waals surface area contributed by atoms with Gasteiger partial charge in [-0.05, 0) is 36.3 Å². The fraction of sp³-hybridized carbons (Fsp3) is 0.529. The van der Waals surface area contributed by atoms with E-state index in [0.29, 0.717) is 24.8 Å². The van der Waals surface area contributed by atoms with Gasteiger partial charge in [-0.2, -0.15) is 4.98 Å². The fourth-order valence-corrected chi connectivity index (χ4v) is 3.28. The minimum absolute atomic E-state index is 0.484. The summed E-state index contributed by atoms with van der Waals surface area (Å²) in [5, 5.41) is 4.20. The van der Waals surface area contributed by atoms with Crippen molar-refractivity contribution in [3.05, 3.63) is 47.1 Å². The summed E-state index contributed by atoms with van der Waals surface area (Å²) in [7, 11) is 0. The van der Waals surface area contributed by atoms with E-state index in [1.807, 2.05) is 12.1 Å². The first kappa shape index (κ1) is 14.3. The van der Waals surface area contributed by atoms with E-state index in [4.69, 9.17) is 10.3 Å². The highest BCUT2D eigenvalue weighted by molar-refractivity contribution is 5.29. The minimum Gasteiger partial charge on any atom is -0.339 e. The Morgan fingerprint density at radius 3 is 2.76 bits per heavy atom. The molecule has 4 heteroatoms. The van der Waals surface area contributed by atoms with Crippen LogP contribution in [-0.2, 0) is 13.0 Å². The molecule has 1 aromatic heterocycles. The van der Waals surface area contributed by atoms with Crippen LogP contribution in [0.4, 0.5) is 0 Å². The van der Waals surface area contributed by atoms with E-state index >= 15 is 0 Å². The van der Waals surface area contributed by atoms with Gasteiger partial charge in [0.25, 0.3) is 0 Å². The van der Waals surface area contributed by atoms with Gasteiger partial charge in [-0.15, -0.1) is 0 Å². The Morgan fingerprint density at radius 2 is 2.05 bits per heavy atom. The molecule has 0 bridgehead atoms. The van der Waals surface area contributed by atoms with Crippen molar-refractivity contribution < 1.29 is 4.52 Å². The van der Waals surface area contributed by atoms with Crippen molar-refractivity contribution in [2.75, 3.05) is 0 Å². The van der Waals surface area contributed by atoms with Crippen LogP contribution >= 0.6 is 0 Å². The van der Waals surface area contributed by atoms with Crippen molar-refractivity contribution in [3.8, 4) is 0 Å². The van der Waals surface area contributed by atoms with E-state index in [9.17, 15) is 0 Å². The highest BCUT2D eigenvalue weighted by atomic mass is 16.5. The van der Waals surface area contributed by atoms with Gasteiger partial charge in [-0.25, -0.2) is 0 Å². The predicted octanol–water partition coefficient (Wildman–Crippen LogP) is 3.41. The van der Waals surface area contributed by atoms with Gasteiger partial charge in [-0.3, -0.25) is 0 Å². The number of hydrogen-bond donors (Lipinski definition) is 1. The van der Waals surface area contributed by atoms with Crippen molar-refractivity contribution in [2.24, 2.45) is 11.7 Å². The number of benzene rings is 1. The van der Waals surface area contributed by atoms with E-state index in [-0.39, 0.29) is 0 Å². The molecule has 2 unspecified atom stereocenters. The third kappa shape index (κ3) is 3.16. The third-order valence-electron chi connectivity index (χ3n) is 4.65. The monoisotopic (exact) mass is 285 g/mol. The first-order valence-corrected chi connectivity index (χ1v) is 7.89. The first-order chi connectivity index (χ1) is 10.3. The average Bonchev–Trinajstić information content (AvgIpc) is 3.16. The van der Waals surface area contributed by atoms with E-state index < -0.39 is 0 Å². The number of hydrogen-bond acceptors (Lipinski definition) is 4. The van der Waals surface area contributed by atoms with E-state index in [0.717, 1.165) is 17.3 Å². The van der Waals surface area contributed by atoms with Crippen LogP contribution in [0.2, 0.25) is 0 Å². The number of rotatable bonds is 5. The zero-order valence-corrected chi connectivity index (χ0v) is 12.6. The van der Waals surface area contributed by atoms with Crippen LogP contribution in [0.25, 0.3) is 0 Å². The van der Waals surface area contributed by atoms with Crippen molar-refractivity contribution in [3.63, 3.8) is 0 Å². The predicted molar refractivity (Wildman–Crippen MR) is 81.8 cm³/mol. The van der Waals surface area contributed by atoms with Gasteiger partial charge in [0, 0.05) is 12.5 Å². The van der Waals surface area contributed by atoms with Crippen LogP contribution in [0, 0.1) is 5.92 Å². The van der Waals surface area contributed by atoms with Crippen LogP contribution in [0.15, 0.2) is 28.8 Å². The molecule has 1 aromatic carbocycles. The average molecular weight is 285 g/mol. The number of nitrogens with zero attached hydrogens (tertiary/aromatic N) is 2. The lowest BCUT2D eigenvalue weighted by molar-refractivity contribution is 0.374. The second-order valence-electron chi connectivity index (χ2n) is 5.98. The molecule has 2 aromatic rings. The van der Waals surface area contributed by atoms with Gasteiger partial charge in [0.15, 0.2) is 5.82 Å². The molecule has 112 valence electrons. The molecule has 0 saturated heterocycles. The second-order valence-corrected chi connectivity index (χ2v) is 5.98. The maximum absolute atomic E-state index is 5.77. The van der Waals surface area contributed by atoms with Crippen LogP contribution in [0.5, 0.6) is 0 Å². The zero-order chi connectivity index (χ0) is 14.7. The van der Waals surface area contributed by atoms with Crippen LogP contribution in [-0.4, -0.2) is 10.1 Å². The highest BCUT2D eigenvalue weighted by Gasteiger charge is 2.28. The second kappa shape index (κ2) is 6.39. The normalized spacial score (nSPS) is 21.8. The molecule has 1 aliphatic carbocycles. The van der Waals surface area contributed by atoms with Crippen LogP contribution in [0.1, 0.15) is 61.4 Å². The topological polar surface area (TPSA) is 64.9 Å². The molecule has 21 heavy (non-hydrogen) atoms. The summed E-state index contributed by atoms with van der Waals surface area (Å²) in [6.45, 7) is 2.80. The molecule has 0 aliphatic heterocycles. The van der Waals surface area contributed by atoms with Crippen molar-refractivity contribution in [2.45, 2.75) is 51.5 Å². The Labute approximate surface area is 125 Å². The van der Waals surface area contributed by atoms with E-state index in [2.05, 4.69) is 29.2 Å². The summed E-state index contributed by atoms with van der Waals surface area (Å²) in [6.07, 6.45) is 5.61. The van der Waals surface area contributed by atoms with Crippen LogP contribution < -0.4 is 5.73 Å². The Kier molecular flexibility index (Phi) is 4.34. The Balaban J connectivity index is 1.71. The third-order valence-corrected chi connectivity index (χ3v) is 4.65. The van der Waals surface area contributed by atoms with Gasteiger partial charge in [0.1, 0.15) is 0 Å². The largest absolute Gasteiger partial charge is 0.339 e. The maximum Gasteiger partial charge on any atom is 0.231 e. The number of nitrogens with two attached hydrogens (primary N) is 1. The van der Waals surface area contributed by atoms with Crippen molar-refractivity contribution in [1.82, 2.24) is 10.1 Å². The smallest absolute Gasteiger partial charge is 0.231 e. The summed E-state index contributed by atoms with van der Waals surface area (Å²) in [6, 6.07) is 8.16. The molecule has 1 saturated carbocycles. The lowest BCUT2D eigenvalue weighted by Crippen LogP contribution is -2.02. The standard InChI is InChI=1S/C17H23N3O/c1-2-12-7-8-14(9-12)17-19-16(21-20-17)10-13-5-3-4-6-15(13)11-18/h3-6,12,14H,2,7-11,18H2,1H3. The number of aromatic nitrogens is 2. The summed E-state index contributed by atoms with van der Waals surface area (Å²) < 4.78 is 5.45. The molecule has 1 heterocycles. The van der Waals surface area contributed by atoms with E-state index in [1.165, 1.54) is 31.2 Å². The van der Waals surface area contributed by atoms with Gasteiger partial charge in [-0.1, -0.05) is 42.8 Å². The Bertz CT molecular complexity index is 593. The Hall–Kier alpha value is -1.68. The molecule has 3 rings (SSSR count). The molecule has 4 nitrogen and oxygen atoms in total. The van der Waals surface area contributed by atoms with Gasteiger partial charge < -0.3 is 10.3 Å². The van der Waals surface area contributed by atoms with Crippen molar-refractivity contribution >= 4 is 0 Å². The van der Waals surface area contributed by atoms with Gasteiger partial charge in [0.2, 0.25) is 5.89 Å². The summed E-state index contributed by atoms with van der Waals surface area (Å²) >= 11 is 0. The lowest BCUT2D eigenvalue weighted by Gasteiger charge is -2.05. The van der Waals surface area contributed by atoms with Crippen molar-refractivity contribution in [1.29, 1.82) is 0 Å². The molecule has 2 atom stereocenters. The molecule has 0 spiro atoms. The highest BCUT2D eigenvalue weighted by Crippen LogP contribution is 2.38. The molecule has 2 N–H and O–H groups in total. The molecule has 1 aliphatic rings. The van der Waals surface area contributed by atoms with Gasteiger partial charge >= 0.3 is 0 Å². The quantitative estimate of drug-likeness (QED) is 0.914. The van der Waals surface area contributed by atoms with E-state index in [1.54, 1.807) is 0 Å². The lowest BCUT2D eigenvalue weighted by atomic mass is 10.0. The summed E-state index contributed by atoms with van der Waals surface area (Å²) in [5.41, 5.74) is 8.09.